The lowest BCUT2D eigenvalue weighted by molar-refractivity contribution is 1.14. The Balaban J connectivity index is 1.39. The van der Waals surface area contributed by atoms with E-state index in [0.717, 1.165) is 66.4 Å². The summed E-state index contributed by atoms with van der Waals surface area (Å²) in [5, 5.41) is 24.6. The minimum atomic E-state index is 0.726. The lowest BCUT2D eigenvalue weighted by atomic mass is 10.1. The van der Waals surface area contributed by atoms with Crippen molar-refractivity contribution < 1.29 is 0 Å². The number of benzene rings is 6. The fourth-order valence-corrected chi connectivity index (χ4v) is 4.80. The summed E-state index contributed by atoms with van der Waals surface area (Å²) in [4.78, 5) is 2.11. The molecule has 0 unspecified atom stereocenters. The summed E-state index contributed by atoms with van der Waals surface area (Å²) < 4.78 is 0. The number of rotatable bonds is 5. The van der Waals surface area contributed by atoms with Gasteiger partial charge in [0.15, 0.2) is 0 Å². The van der Waals surface area contributed by atoms with Gasteiger partial charge in [0.25, 0.3) is 0 Å². The number of nitrogen functional groups attached to an aromatic ring is 1. The highest BCUT2D eigenvalue weighted by Crippen LogP contribution is 2.38. The number of hydrogen-bond donors (Lipinski definition) is 1. The zero-order valence-corrected chi connectivity index (χ0v) is 21.2. The van der Waals surface area contributed by atoms with Gasteiger partial charge < -0.3 is 10.6 Å². The average Bonchev–Trinajstić information content (AvgIpc) is 2.96. The molecule has 0 atom stereocenters. The highest BCUT2D eigenvalue weighted by molar-refractivity contribution is 6.02. The number of nitrogens with two attached hydrogens (primary N) is 1. The van der Waals surface area contributed by atoms with Crippen LogP contribution in [0.2, 0.25) is 0 Å². The Morgan fingerprint density at radius 2 is 0.763 bits per heavy atom. The Kier molecular flexibility index (Phi) is 5.98. The summed E-state index contributed by atoms with van der Waals surface area (Å²) in [6, 6.07) is 36.0. The molecule has 0 aliphatic rings. The summed E-state index contributed by atoms with van der Waals surface area (Å²) in [6.45, 7) is 0. The van der Waals surface area contributed by atoms with Crippen LogP contribution in [0.1, 0.15) is 0 Å². The van der Waals surface area contributed by atoms with Gasteiger partial charge in [-0.15, -0.1) is 20.5 Å². The van der Waals surface area contributed by atoms with Gasteiger partial charge in [-0.1, -0.05) is 72.8 Å². The quantitative estimate of drug-likeness (QED) is 0.191. The van der Waals surface area contributed by atoms with Crippen molar-refractivity contribution in [3.05, 3.63) is 109 Å². The normalized spacial score (nSPS) is 11.8. The fourth-order valence-electron chi connectivity index (χ4n) is 4.80. The van der Waals surface area contributed by atoms with E-state index in [2.05, 4.69) is 43.6 Å². The summed E-state index contributed by atoms with van der Waals surface area (Å²) in [7, 11) is 4.09. The molecule has 0 amide bonds. The molecule has 0 bridgehead atoms. The van der Waals surface area contributed by atoms with Crippen molar-refractivity contribution in [2.45, 2.75) is 0 Å². The second-order valence-corrected chi connectivity index (χ2v) is 9.31. The van der Waals surface area contributed by atoms with E-state index >= 15 is 0 Å². The topological polar surface area (TPSA) is 78.7 Å². The van der Waals surface area contributed by atoms with Crippen LogP contribution < -0.4 is 10.6 Å². The fraction of sp³-hybridized carbons (Fsp3) is 0.0625. The average molecular weight is 495 g/mol. The van der Waals surface area contributed by atoms with Gasteiger partial charge in [0, 0.05) is 57.8 Å². The molecule has 2 N–H and O–H groups in total. The molecule has 0 heterocycles. The molecular formula is C32H26N6. The van der Waals surface area contributed by atoms with Crippen molar-refractivity contribution in [1.29, 1.82) is 0 Å². The molecule has 0 radical (unpaired) electrons. The highest BCUT2D eigenvalue weighted by atomic mass is 15.1. The summed E-state index contributed by atoms with van der Waals surface area (Å²) in [6.07, 6.45) is 0. The summed E-state index contributed by atoms with van der Waals surface area (Å²) in [5.74, 6) is 0. The first-order valence-corrected chi connectivity index (χ1v) is 12.4. The molecule has 38 heavy (non-hydrogen) atoms. The molecule has 6 nitrogen and oxygen atoms in total. The van der Waals surface area contributed by atoms with Crippen molar-refractivity contribution >= 4 is 66.4 Å². The second kappa shape index (κ2) is 9.75. The maximum atomic E-state index is 6.15. The Morgan fingerprint density at radius 3 is 1.24 bits per heavy atom. The van der Waals surface area contributed by atoms with Gasteiger partial charge in [-0.3, -0.25) is 0 Å². The molecule has 0 aliphatic heterocycles. The lowest BCUT2D eigenvalue weighted by Crippen LogP contribution is -2.08. The van der Waals surface area contributed by atoms with E-state index in [1.54, 1.807) is 0 Å². The minimum Gasteiger partial charge on any atom is -0.398 e. The van der Waals surface area contributed by atoms with Crippen molar-refractivity contribution in [2.75, 3.05) is 24.7 Å². The van der Waals surface area contributed by atoms with Crippen molar-refractivity contribution in [2.24, 2.45) is 20.5 Å². The van der Waals surface area contributed by atoms with Crippen LogP contribution in [0.15, 0.2) is 130 Å². The molecular weight excluding hydrogens is 468 g/mol. The zero-order valence-electron chi connectivity index (χ0n) is 21.2. The predicted octanol–water partition coefficient (Wildman–Crippen LogP) is 9.63. The van der Waals surface area contributed by atoms with Crippen LogP contribution in [0.3, 0.4) is 0 Å². The third kappa shape index (κ3) is 4.22. The second-order valence-electron chi connectivity index (χ2n) is 9.31. The maximum Gasteiger partial charge on any atom is 0.0936 e. The van der Waals surface area contributed by atoms with Crippen LogP contribution in [-0.4, -0.2) is 14.1 Å². The first-order valence-electron chi connectivity index (χ1n) is 12.4. The lowest BCUT2D eigenvalue weighted by Gasteiger charge is -2.16. The summed E-state index contributed by atoms with van der Waals surface area (Å²) >= 11 is 0. The van der Waals surface area contributed by atoms with Gasteiger partial charge in [0.2, 0.25) is 0 Å². The smallest absolute Gasteiger partial charge is 0.0936 e. The Hall–Kier alpha value is -5.10. The van der Waals surface area contributed by atoms with Gasteiger partial charge >= 0.3 is 0 Å². The van der Waals surface area contributed by atoms with E-state index in [0.29, 0.717) is 0 Å². The van der Waals surface area contributed by atoms with E-state index in [1.165, 1.54) is 0 Å². The van der Waals surface area contributed by atoms with E-state index in [1.807, 2.05) is 105 Å². The molecule has 6 heteroatoms. The summed E-state index contributed by atoms with van der Waals surface area (Å²) in [5.41, 5.74) is 11.2. The van der Waals surface area contributed by atoms with E-state index in [4.69, 9.17) is 5.73 Å². The third-order valence-corrected chi connectivity index (χ3v) is 6.70. The van der Waals surface area contributed by atoms with Gasteiger partial charge in [-0.2, -0.15) is 0 Å². The van der Waals surface area contributed by atoms with Gasteiger partial charge in [-0.05, 0) is 36.4 Å². The monoisotopic (exact) mass is 494 g/mol. The molecule has 0 spiro atoms. The molecule has 0 saturated carbocycles. The Labute approximate surface area is 220 Å². The van der Waals surface area contributed by atoms with Gasteiger partial charge in [0.05, 0.1) is 22.7 Å². The van der Waals surface area contributed by atoms with Gasteiger partial charge in [0.1, 0.15) is 0 Å². The van der Waals surface area contributed by atoms with Gasteiger partial charge in [-0.25, -0.2) is 0 Å². The number of fused-ring (bicyclic) bond motifs is 3. The van der Waals surface area contributed by atoms with E-state index in [9.17, 15) is 0 Å². The van der Waals surface area contributed by atoms with Crippen molar-refractivity contribution in [3.8, 4) is 0 Å². The van der Waals surface area contributed by atoms with E-state index < -0.39 is 0 Å². The molecule has 6 aromatic carbocycles. The largest absolute Gasteiger partial charge is 0.398 e. The zero-order chi connectivity index (χ0) is 26.1. The standard InChI is InChI=1S/C32H26N6/c1-38(2)32-20-19-31(25-13-7-8-14-26(25)32)37-36-30-18-17-29(23-11-5-6-12-24(23)30)35-34-28-16-15-27(33)21-9-3-4-10-22(21)28/h3-20H,33H2,1-2H3/b35-34+,37-36+. The molecule has 6 aromatic rings. The first kappa shape index (κ1) is 23.3. The van der Waals surface area contributed by atoms with Crippen LogP contribution in [-0.2, 0) is 0 Å². The van der Waals surface area contributed by atoms with Crippen LogP contribution >= 0.6 is 0 Å². The highest BCUT2D eigenvalue weighted by Gasteiger charge is 2.09. The Bertz CT molecular complexity index is 1870. The van der Waals surface area contributed by atoms with Crippen molar-refractivity contribution in [1.82, 2.24) is 0 Å². The van der Waals surface area contributed by atoms with Crippen LogP contribution in [0.25, 0.3) is 32.3 Å². The molecule has 0 aromatic heterocycles. The van der Waals surface area contributed by atoms with Crippen LogP contribution in [0.4, 0.5) is 34.1 Å². The molecule has 6 rings (SSSR count). The van der Waals surface area contributed by atoms with Crippen molar-refractivity contribution in [3.63, 3.8) is 0 Å². The SMILES string of the molecule is CN(C)c1ccc(/N=N/c2ccc(/N=N/c3ccc(N)c4ccccc34)c3ccccc23)c2ccccc12. The molecule has 0 aliphatic carbocycles. The molecule has 0 saturated heterocycles. The number of hydrogen-bond acceptors (Lipinski definition) is 6. The Morgan fingerprint density at radius 1 is 0.421 bits per heavy atom. The number of nitrogens with zero attached hydrogens (tertiary/aromatic N) is 5. The maximum absolute atomic E-state index is 6.15. The molecule has 0 fully saturated rings. The number of anilines is 2. The third-order valence-electron chi connectivity index (χ3n) is 6.70. The first-order chi connectivity index (χ1) is 18.6. The van der Waals surface area contributed by atoms with Crippen LogP contribution in [0.5, 0.6) is 0 Å². The molecule has 184 valence electrons. The number of azo groups is 2. The minimum absolute atomic E-state index is 0.726. The van der Waals surface area contributed by atoms with E-state index in [-0.39, 0.29) is 0 Å². The van der Waals surface area contributed by atoms with Crippen LogP contribution in [0, 0.1) is 0 Å². The predicted molar refractivity (Wildman–Crippen MR) is 159 cm³/mol.